The Morgan fingerprint density at radius 2 is 2.11 bits per heavy atom. The van der Waals surface area contributed by atoms with E-state index in [0.29, 0.717) is 29.2 Å². The second-order valence-corrected chi connectivity index (χ2v) is 6.94. The standard InChI is InChI=1S/C14H26BrNO2/c1-4-18-13-6-11(7-13)8-14(17)16-9-12(15)5-10(2)3/h10-13H,4-9H2,1-3H3,(H,16,17). The molecule has 0 aromatic rings. The Labute approximate surface area is 119 Å². The number of halogens is 1. The van der Waals surface area contributed by atoms with E-state index in [9.17, 15) is 4.79 Å². The van der Waals surface area contributed by atoms with Crippen molar-refractivity contribution in [1.29, 1.82) is 0 Å². The van der Waals surface area contributed by atoms with Crippen molar-refractivity contribution in [2.24, 2.45) is 11.8 Å². The summed E-state index contributed by atoms with van der Waals surface area (Å²) in [6.07, 6.45) is 4.24. The quantitative estimate of drug-likeness (QED) is 0.698. The Bertz CT molecular complexity index is 252. The van der Waals surface area contributed by atoms with E-state index in [-0.39, 0.29) is 5.91 Å². The highest BCUT2D eigenvalue weighted by Crippen LogP contribution is 2.32. The third kappa shape index (κ3) is 6.19. The van der Waals surface area contributed by atoms with Crippen LogP contribution in [0.15, 0.2) is 0 Å². The molecule has 0 bridgehead atoms. The molecule has 1 amide bonds. The lowest BCUT2D eigenvalue weighted by atomic mass is 9.80. The van der Waals surface area contributed by atoms with E-state index in [2.05, 4.69) is 35.1 Å². The molecule has 1 saturated carbocycles. The Morgan fingerprint density at radius 3 is 2.67 bits per heavy atom. The van der Waals surface area contributed by atoms with E-state index in [1.165, 1.54) is 0 Å². The van der Waals surface area contributed by atoms with Crippen LogP contribution in [0.1, 0.15) is 46.5 Å². The van der Waals surface area contributed by atoms with Gasteiger partial charge in [0.2, 0.25) is 5.91 Å². The summed E-state index contributed by atoms with van der Waals surface area (Å²) in [6, 6.07) is 0. The predicted octanol–water partition coefficient (Wildman–Crippen LogP) is 3.12. The molecular formula is C14H26BrNO2. The largest absolute Gasteiger partial charge is 0.378 e. The lowest BCUT2D eigenvalue weighted by Gasteiger charge is -2.34. The Balaban J connectivity index is 2.05. The SMILES string of the molecule is CCOC1CC(CC(=O)NCC(Br)CC(C)C)C1. The Hall–Kier alpha value is -0.0900. The molecule has 0 aromatic carbocycles. The zero-order valence-corrected chi connectivity index (χ0v) is 13.3. The van der Waals surface area contributed by atoms with E-state index >= 15 is 0 Å². The molecule has 1 atom stereocenters. The van der Waals surface area contributed by atoms with Crippen LogP contribution in [0.4, 0.5) is 0 Å². The summed E-state index contributed by atoms with van der Waals surface area (Å²) in [4.78, 5) is 12.1. The Morgan fingerprint density at radius 1 is 1.44 bits per heavy atom. The van der Waals surface area contributed by atoms with E-state index < -0.39 is 0 Å². The van der Waals surface area contributed by atoms with Gasteiger partial charge in [-0.05, 0) is 38.0 Å². The van der Waals surface area contributed by atoms with Gasteiger partial charge in [-0.3, -0.25) is 4.79 Å². The van der Waals surface area contributed by atoms with Crippen molar-refractivity contribution in [3.8, 4) is 0 Å². The third-order valence-electron chi connectivity index (χ3n) is 3.32. The highest BCUT2D eigenvalue weighted by Gasteiger charge is 2.30. The number of alkyl halides is 1. The molecule has 1 N–H and O–H groups in total. The smallest absolute Gasteiger partial charge is 0.220 e. The van der Waals surface area contributed by atoms with Crippen LogP contribution in [0.5, 0.6) is 0 Å². The van der Waals surface area contributed by atoms with E-state index in [1.807, 2.05) is 6.92 Å². The number of carbonyl (C=O) groups excluding carboxylic acids is 1. The first kappa shape index (κ1) is 16.0. The molecular weight excluding hydrogens is 294 g/mol. The van der Waals surface area contributed by atoms with Crippen molar-refractivity contribution in [1.82, 2.24) is 5.32 Å². The van der Waals surface area contributed by atoms with Crippen LogP contribution < -0.4 is 5.32 Å². The van der Waals surface area contributed by atoms with Crippen LogP contribution in [-0.2, 0) is 9.53 Å². The third-order valence-corrected chi connectivity index (χ3v) is 4.01. The predicted molar refractivity (Wildman–Crippen MR) is 77.9 cm³/mol. The summed E-state index contributed by atoms with van der Waals surface area (Å²) in [5.74, 6) is 1.37. The van der Waals surface area contributed by atoms with Gasteiger partial charge in [-0.1, -0.05) is 29.8 Å². The second-order valence-electron chi connectivity index (χ2n) is 5.65. The molecule has 0 aliphatic heterocycles. The van der Waals surface area contributed by atoms with Crippen molar-refractivity contribution in [3.63, 3.8) is 0 Å². The zero-order valence-electron chi connectivity index (χ0n) is 11.7. The van der Waals surface area contributed by atoms with Gasteiger partial charge < -0.3 is 10.1 Å². The summed E-state index contributed by atoms with van der Waals surface area (Å²) in [5.41, 5.74) is 0. The van der Waals surface area contributed by atoms with Crippen molar-refractivity contribution in [2.45, 2.75) is 57.4 Å². The van der Waals surface area contributed by atoms with E-state index in [1.54, 1.807) is 0 Å². The van der Waals surface area contributed by atoms with Crippen LogP contribution in [-0.4, -0.2) is 30.0 Å². The summed E-state index contributed by atoms with van der Waals surface area (Å²) in [5, 5.41) is 3.01. The number of hydrogen-bond donors (Lipinski definition) is 1. The highest BCUT2D eigenvalue weighted by molar-refractivity contribution is 9.09. The lowest BCUT2D eigenvalue weighted by Crippen LogP contribution is -2.37. The van der Waals surface area contributed by atoms with Gasteiger partial charge in [0.05, 0.1) is 6.10 Å². The minimum atomic E-state index is 0.183. The number of carbonyl (C=O) groups is 1. The molecule has 4 heteroatoms. The number of amides is 1. The topological polar surface area (TPSA) is 38.3 Å². The lowest BCUT2D eigenvalue weighted by molar-refractivity contribution is -0.124. The van der Waals surface area contributed by atoms with Crippen molar-refractivity contribution in [2.75, 3.05) is 13.2 Å². The van der Waals surface area contributed by atoms with E-state index in [0.717, 1.165) is 32.4 Å². The molecule has 0 spiro atoms. The first-order valence-corrected chi connectivity index (χ1v) is 7.95. The molecule has 0 heterocycles. The van der Waals surface area contributed by atoms with Crippen LogP contribution in [0.25, 0.3) is 0 Å². The van der Waals surface area contributed by atoms with Gasteiger partial charge in [0.15, 0.2) is 0 Å². The summed E-state index contributed by atoms with van der Waals surface area (Å²) < 4.78 is 5.49. The zero-order chi connectivity index (χ0) is 13.5. The maximum absolute atomic E-state index is 11.7. The highest BCUT2D eigenvalue weighted by atomic mass is 79.9. The molecule has 18 heavy (non-hydrogen) atoms. The summed E-state index contributed by atoms with van der Waals surface area (Å²) in [7, 11) is 0. The first-order valence-electron chi connectivity index (χ1n) is 7.03. The number of hydrogen-bond acceptors (Lipinski definition) is 2. The van der Waals surface area contributed by atoms with Crippen molar-refractivity contribution in [3.05, 3.63) is 0 Å². The van der Waals surface area contributed by atoms with Crippen LogP contribution >= 0.6 is 15.9 Å². The van der Waals surface area contributed by atoms with Gasteiger partial charge in [0.1, 0.15) is 0 Å². The number of nitrogens with one attached hydrogen (secondary N) is 1. The number of ether oxygens (including phenoxy) is 1. The second kappa shape index (κ2) is 8.16. The minimum absolute atomic E-state index is 0.183. The maximum Gasteiger partial charge on any atom is 0.220 e. The summed E-state index contributed by atoms with van der Waals surface area (Å²) in [6.45, 7) is 7.92. The fraction of sp³-hybridized carbons (Fsp3) is 0.929. The van der Waals surface area contributed by atoms with Crippen molar-refractivity contribution < 1.29 is 9.53 Å². The van der Waals surface area contributed by atoms with Crippen LogP contribution in [0.3, 0.4) is 0 Å². The minimum Gasteiger partial charge on any atom is -0.378 e. The van der Waals surface area contributed by atoms with Gasteiger partial charge in [-0.15, -0.1) is 0 Å². The van der Waals surface area contributed by atoms with Gasteiger partial charge in [-0.2, -0.15) is 0 Å². The average molecular weight is 320 g/mol. The Kier molecular flexibility index (Phi) is 7.23. The van der Waals surface area contributed by atoms with Gasteiger partial charge >= 0.3 is 0 Å². The molecule has 1 aliphatic carbocycles. The normalized spacial score (nSPS) is 24.7. The van der Waals surface area contributed by atoms with Crippen LogP contribution in [0.2, 0.25) is 0 Å². The number of rotatable bonds is 8. The van der Waals surface area contributed by atoms with Gasteiger partial charge in [-0.25, -0.2) is 0 Å². The first-order chi connectivity index (χ1) is 8.51. The molecule has 0 saturated heterocycles. The van der Waals surface area contributed by atoms with Gasteiger partial charge in [0, 0.05) is 24.4 Å². The van der Waals surface area contributed by atoms with Crippen molar-refractivity contribution >= 4 is 21.8 Å². The molecule has 1 fully saturated rings. The fourth-order valence-corrected chi connectivity index (χ4v) is 3.28. The summed E-state index contributed by atoms with van der Waals surface area (Å²) >= 11 is 3.60. The average Bonchev–Trinajstić information content (AvgIpc) is 2.22. The molecule has 0 aromatic heterocycles. The van der Waals surface area contributed by atoms with Gasteiger partial charge in [0.25, 0.3) is 0 Å². The fourth-order valence-electron chi connectivity index (χ4n) is 2.37. The molecule has 106 valence electrons. The monoisotopic (exact) mass is 319 g/mol. The maximum atomic E-state index is 11.7. The molecule has 1 aliphatic rings. The van der Waals surface area contributed by atoms with Crippen LogP contribution in [0, 0.1) is 11.8 Å². The molecule has 1 rings (SSSR count). The molecule has 1 unspecified atom stereocenters. The molecule has 3 nitrogen and oxygen atoms in total. The van der Waals surface area contributed by atoms with E-state index in [4.69, 9.17) is 4.74 Å². The molecule has 0 radical (unpaired) electrons.